The molecular formula is C21H26ClN2NaO5S. The number of hydrogen-bond donors (Lipinski definition) is 1. The number of nitrogens with zero attached hydrogens (tertiary/aromatic N) is 1. The molecule has 0 saturated heterocycles. The number of rotatable bonds is 8. The van der Waals surface area contributed by atoms with Crippen LogP contribution in [0, 0.1) is 0 Å². The number of benzene rings is 2. The number of carboxylic acid groups (broad SMARTS) is 1. The van der Waals surface area contributed by atoms with Crippen molar-refractivity contribution in [2.24, 2.45) is 0 Å². The number of anilines is 1. The Kier molecular flexibility index (Phi) is 11.0. The average Bonchev–Trinajstić information content (AvgIpc) is 2.75. The summed E-state index contributed by atoms with van der Waals surface area (Å²) in [6.45, 7) is 0.677. The fraction of sp³-hybridized carbons (Fsp3) is 0.381. The summed E-state index contributed by atoms with van der Waals surface area (Å²) in [6, 6.07) is 12.1. The standard InChI is InChI=1S/C21H25ClN2O4S.Na.H2O/c1-24-18-9-6-5-8-16(18)21(23-13-7-3-2-4-10-20(25)26)17-12-11-15(22)14-19(17)29(24,27)28;;/h5-6,8-9,11-12,14,21,23H,2-4,7,10,13H2,1H3,(H,25,26);;1H2/q;+1;/p-1. The summed E-state index contributed by atoms with van der Waals surface area (Å²) >= 11 is 6.11. The van der Waals surface area contributed by atoms with E-state index in [1.807, 2.05) is 18.2 Å². The van der Waals surface area contributed by atoms with Crippen molar-refractivity contribution in [2.45, 2.75) is 43.0 Å². The summed E-state index contributed by atoms with van der Waals surface area (Å²) < 4.78 is 27.7. The first-order valence-corrected chi connectivity index (χ1v) is 11.4. The first kappa shape index (κ1) is 27.9. The summed E-state index contributed by atoms with van der Waals surface area (Å²) in [5.74, 6) is -1.02. The van der Waals surface area contributed by atoms with Crippen LogP contribution in [0.1, 0.15) is 49.3 Å². The predicted octanol–water partition coefficient (Wildman–Crippen LogP) is -0.963. The van der Waals surface area contributed by atoms with Gasteiger partial charge in [-0.2, -0.15) is 0 Å². The fourth-order valence-electron chi connectivity index (χ4n) is 3.65. The molecule has 0 bridgehead atoms. The van der Waals surface area contributed by atoms with Crippen LogP contribution in [-0.4, -0.2) is 33.5 Å². The van der Waals surface area contributed by atoms with Crippen molar-refractivity contribution in [3.8, 4) is 0 Å². The van der Waals surface area contributed by atoms with Crippen molar-refractivity contribution in [2.75, 3.05) is 17.9 Å². The number of carbonyl (C=O) groups excluding carboxylic acids is 1. The van der Waals surface area contributed by atoms with Gasteiger partial charge in [0.1, 0.15) is 0 Å². The van der Waals surface area contributed by atoms with Crippen LogP contribution < -0.4 is 44.3 Å². The van der Waals surface area contributed by atoms with Gasteiger partial charge in [0.2, 0.25) is 0 Å². The van der Waals surface area contributed by atoms with E-state index in [9.17, 15) is 18.3 Å². The van der Waals surface area contributed by atoms with E-state index in [2.05, 4.69) is 5.32 Å². The van der Waals surface area contributed by atoms with Crippen molar-refractivity contribution >= 4 is 33.3 Å². The average molecular weight is 477 g/mol. The summed E-state index contributed by atoms with van der Waals surface area (Å²) in [5, 5.41) is 14.3. The van der Waals surface area contributed by atoms with Crippen LogP contribution in [0.3, 0.4) is 0 Å². The van der Waals surface area contributed by atoms with Crippen molar-refractivity contribution in [3.63, 3.8) is 0 Å². The van der Waals surface area contributed by atoms with Gasteiger partial charge in [0, 0.05) is 18.0 Å². The predicted molar refractivity (Wildman–Crippen MR) is 115 cm³/mol. The Bertz CT molecular complexity index is 1000. The number of halogens is 1. The molecular weight excluding hydrogens is 451 g/mol. The molecule has 0 fully saturated rings. The van der Waals surface area contributed by atoms with Crippen molar-refractivity contribution in [1.82, 2.24) is 5.32 Å². The summed E-state index contributed by atoms with van der Waals surface area (Å²) in [5.41, 5.74) is 2.19. The van der Waals surface area contributed by atoms with Crippen LogP contribution in [-0.2, 0) is 14.8 Å². The number of aliphatic carboxylic acids is 1. The molecule has 2 aromatic carbocycles. The van der Waals surface area contributed by atoms with E-state index in [0.717, 1.165) is 24.8 Å². The van der Waals surface area contributed by atoms with Gasteiger partial charge in [-0.15, -0.1) is 0 Å². The molecule has 1 heterocycles. The smallest absolute Gasteiger partial charge is 0.550 e. The van der Waals surface area contributed by atoms with Gasteiger partial charge < -0.3 is 20.7 Å². The largest absolute Gasteiger partial charge is 1.00 e. The minimum Gasteiger partial charge on any atom is -0.550 e. The van der Waals surface area contributed by atoms with Gasteiger partial charge >= 0.3 is 29.6 Å². The molecule has 0 radical (unpaired) electrons. The quantitative estimate of drug-likeness (QED) is 0.388. The molecule has 0 saturated carbocycles. The number of carboxylic acids is 1. The van der Waals surface area contributed by atoms with Gasteiger partial charge in [0.25, 0.3) is 10.0 Å². The monoisotopic (exact) mass is 476 g/mol. The van der Waals surface area contributed by atoms with E-state index in [4.69, 9.17) is 11.6 Å². The molecule has 31 heavy (non-hydrogen) atoms. The zero-order valence-corrected chi connectivity index (χ0v) is 21.3. The first-order valence-electron chi connectivity index (χ1n) is 9.63. The Labute approximate surface area is 210 Å². The molecule has 164 valence electrons. The Morgan fingerprint density at radius 2 is 1.77 bits per heavy atom. The van der Waals surface area contributed by atoms with Crippen LogP contribution in [0.5, 0.6) is 0 Å². The third-order valence-electron chi connectivity index (χ3n) is 5.17. The van der Waals surface area contributed by atoms with Crippen LogP contribution >= 0.6 is 11.6 Å². The molecule has 0 aromatic heterocycles. The molecule has 3 rings (SSSR count). The first-order chi connectivity index (χ1) is 13.8. The zero-order valence-electron chi connectivity index (χ0n) is 17.7. The topological polar surface area (TPSA) is 121 Å². The molecule has 1 atom stereocenters. The van der Waals surface area contributed by atoms with Crippen molar-refractivity contribution < 1.29 is 53.4 Å². The number of fused-ring (bicyclic) bond motifs is 2. The van der Waals surface area contributed by atoms with Crippen molar-refractivity contribution in [1.29, 1.82) is 0 Å². The number of para-hydroxylation sites is 1. The number of nitrogens with one attached hydrogen (secondary N) is 1. The van der Waals surface area contributed by atoms with Gasteiger partial charge in [0.15, 0.2) is 0 Å². The maximum atomic E-state index is 13.2. The Morgan fingerprint density at radius 1 is 1.10 bits per heavy atom. The van der Waals surface area contributed by atoms with E-state index >= 15 is 0 Å². The molecule has 1 unspecified atom stereocenters. The second kappa shape index (κ2) is 12.2. The van der Waals surface area contributed by atoms with E-state index in [0.29, 0.717) is 29.2 Å². The molecule has 10 heteroatoms. The number of unbranched alkanes of at least 4 members (excludes halogenated alkanes) is 3. The summed E-state index contributed by atoms with van der Waals surface area (Å²) in [7, 11) is -2.18. The molecule has 0 spiro atoms. The maximum Gasteiger partial charge on any atom is 1.00 e. The molecule has 0 aliphatic carbocycles. The van der Waals surface area contributed by atoms with Crippen molar-refractivity contribution in [3.05, 3.63) is 58.6 Å². The summed E-state index contributed by atoms with van der Waals surface area (Å²) in [4.78, 5) is 10.7. The Hall–Kier alpha value is -1.13. The normalized spacial score (nSPS) is 16.2. The summed E-state index contributed by atoms with van der Waals surface area (Å²) in [6.07, 6.45) is 3.26. The zero-order chi connectivity index (χ0) is 21.0. The number of hydrogen-bond acceptors (Lipinski definition) is 5. The Morgan fingerprint density at radius 3 is 2.48 bits per heavy atom. The van der Waals surface area contributed by atoms with E-state index in [1.165, 1.54) is 10.4 Å². The minimum absolute atomic E-state index is 0. The second-order valence-electron chi connectivity index (χ2n) is 7.14. The second-order valence-corrected chi connectivity index (χ2v) is 9.51. The SMILES string of the molecule is CN1c2ccccc2C(NCCCCCCC(=O)[O-])c2ccc(Cl)cc2S1(=O)=O.O.[Na+]. The van der Waals surface area contributed by atoms with Crippen LogP contribution in [0.25, 0.3) is 0 Å². The van der Waals surface area contributed by atoms with Crippen LogP contribution in [0.2, 0.25) is 5.02 Å². The van der Waals surface area contributed by atoms with Crippen LogP contribution in [0.4, 0.5) is 5.69 Å². The molecule has 2 aromatic rings. The third kappa shape index (κ3) is 6.44. The minimum atomic E-state index is -3.73. The molecule has 1 aliphatic heterocycles. The van der Waals surface area contributed by atoms with E-state index < -0.39 is 16.0 Å². The Balaban J connectivity index is 0.00000240. The molecule has 3 N–H and O–H groups in total. The van der Waals surface area contributed by atoms with Gasteiger partial charge in [-0.25, -0.2) is 8.42 Å². The van der Waals surface area contributed by atoms with Crippen LogP contribution in [0.15, 0.2) is 47.4 Å². The van der Waals surface area contributed by atoms with Gasteiger partial charge in [-0.05, 0) is 55.1 Å². The van der Waals surface area contributed by atoms with Gasteiger partial charge in [0.05, 0.1) is 16.6 Å². The molecule has 0 amide bonds. The van der Waals surface area contributed by atoms with Gasteiger partial charge in [-0.3, -0.25) is 4.31 Å². The number of carbonyl (C=O) groups is 1. The fourth-order valence-corrected chi connectivity index (χ4v) is 5.36. The third-order valence-corrected chi connectivity index (χ3v) is 7.23. The maximum absolute atomic E-state index is 13.2. The molecule has 1 aliphatic rings. The number of sulfonamides is 1. The molecule has 7 nitrogen and oxygen atoms in total. The van der Waals surface area contributed by atoms with E-state index in [1.54, 1.807) is 25.2 Å². The van der Waals surface area contributed by atoms with Gasteiger partial charge in [-0.1, -0.05) is 48.7 Å². The van der Waals surface area contributed by atoms with E-state index in [-0.39, 0.29) is 52.4 Å².